The van der Waals surface area contributed by atoms with Crippen molar-refractivity contribution in [2.24, 2.45) is 5.73 Å². The summed E-state index contributed by atoms with van der Waals surface area (Å²) in [6.07, 6.45) is 0. The van der Waals surface area contributed by atoms with Gasteiger partial charge in [-0.25, -0.2) is 0 Å². The van der Waals surface area contributed by atoms with Crippen molar-refractivity contribution in [3.8, 4) is 5.75 Å². The molecular formula is C13H21NOS. The molecule has 0 aromatic heterocycles. The van der Waals surface area contributed by atoms with Gasteiger partial charge in [0.25, 0.3) is 0 Å². The van der Waals surface area contributed by atoms with E-state index < -0.39 is 0 Å². The fraction of sp³-hybridized carbons (Fsp3) is 0.538. The van der Waals surface area contributed by atoms with Crippen molar-refractivity contribution < 1.29 is 4.74 Å². The standard InChI is InChI=1S/C13H21NOS/c1-4-15-13-7-6-11(10(3)14)8-12(13)9-16-5-2/h6-8,10H,4-5,9,14H2,1-3H3. The van der Waals surface area contributed by atoms with Crippen LogP contribution in [0.15, 0.2) is 18.2 Å². The molecule has 1 rings (SSSR count). The first-order valence-electron chi connectivity index (χ1n) is 5.78. The molecule has 16 heavy (non-hydrogen) atoms. The minimum atomic E-state index is 0.0843. The predicted molar refractivity (Wildman–Crippen MR) is 72.0 cm³/mol. The highest BCUT2D eigenvalue weighted by atomic mass is 32.2. The molecular weight excluding hydrogens is 218 g/mol. The zero-order valence-electron chi connectivity index (χ0n) is 10.3. The Bertz CT molecular complexity index is 326. The molecule has 0 saturated heterocycles. The third kappa shape index (κ3) is 3.72. The Morgan fingerprint density at radius 1 is 1.38 bits per heavy atom. The zero-order chi connectivity index (χ0) is 12.0. The van der Waals surface area contributed by atoms with E-state index in [4.69, 9.17) is 10.5 Å². The van der Waals surface area contributed by atoms with Gasteiger partial charge in [-0.1, -0.05) is 13.0 Å². The molecule has 0 aliphatic carbocycles. The van der Waals surface area contributed by atoms with Crippen molar-refractivity contribution in [1.29, 1.82) is 0 Å². The molecule has 0 aliphatic heterocycles. The van der Waals surface area contributed by atoms with E-state index in [1.165, 1.54) is 11.1 Å². The van der Waals surface area contributed by atoms with E-state index in [0.717, 1.165) is 17.3 Å². The molecule has 3 heteroatoms. The summed E-state index contributed by atoms with van der Waals surface area (Å²) < 4.78 is 5.61. The summed E-state index contributed by atoms with van der Waals surface area (Å²) in [7, 11) is 0. The Labute approximate surface area is 103 Å². The van der Waals surface area contributed by atoms with Crippen LogP contribution in [-0.4, -0.2) is 12.4 Å². The smallest absolute Gasteiger partial charge is 0.123 e. The fourth-order valence-electron chi connectivity index (χ4n) is 1.50. The Kier molecular flexibility index (Phi) is 5.71. The van der Waals surface area contributed by atoms with Gasteiger partial charge in [-0.05, 0) is 37.3 Å². The third-order valence-electron chi connectivity index (χ3n) is 2.37. The van der Waals surface area contributed by atoms with Crippen molar-refractivity contribution in [2.45, 2.75) is 32.6 Å². The van der Waals surface area contributed by atoms with Crippen LogP contribution in [0.1, 0.15) is 37.9 Å². The van der Waals surface area contributed by atoms with Gasteiger partial charge < -0.3 is 10.5 Å². The molecule has 0 fully saturated rings. The van der Waals surface area contributed by atoms with Crippen LogP contribution in [0.4, 0.5) is 0 Å². The summed E-state index contributed by atoms with van der Waals surface area (Å²) >= 11 is 1.90. The average molecular weight is 239 g/mol. The topological polar surface area (TPSA) is 35.2 Å². The van der Waals surface area contributed by atoms with Crippen molar-refractivity contribution in [1.82, 2.24) is 0 Å². The lowest BCUT2D eigenvalue weighted by Gasteiger charge is -2.13. The van der Waals surface area contributed by atoms with Gasteiger partial charge in [0.1, 0.15) is 5.75 Å². The summed E-state index contributed by atoms with van der Waals surface area (Å²) in [5.41, 5.74) is 8.32. The minimum Gasteiger partial charge on any atom is -0.494 e. The second kappa shape index (κ2) is 6.81. The molecule has 2 N–H and O–H groups in total. The van der Waals surface area contributed by atoms with E-state index in [9.17, 15) is 0 Å². The van der Waals surface area contributed by atoms with E-state index in [1.807, 2.05) is 31.7 Å². The summed E-state index contributed by atoms with van der Waals surface area (Å²) in [5, 5.41) is 0. The molecule has 90 valence electrons. The van der Waals surface area contributed by atoms with Gasteiger partial charge >= 0.3 is 0 Å². The van der Waals surface area contributed by atoms with Crippen molar-refractivity contribution >= 4 is 11.8 Å². The van der Waals surface area contributed by atoms with Crippen LogP contribution in [0.25, 0.3) is 0 Å². The lowest BCUT2D eigenvalue weighted by Crippen LogP contribution is -2.06. The minimum absolute atomic E-state index is 0.0843. The Morgan fingerprint density at radius 3 is 2.69 bits per heavy atom. The van der Waals surface area contributed by atoms with Gasteiger partial charge in [-0.2, -0.15) is 11.8 Å². The summed E-state index contributed by atoms with van der Waals surface area (Å²) in [6.45, 7) is 6.89. The SMILES string of the molecule is CCOc1ccc(C(C)N)cc1CSCC. The van der Waals surface area contributed by atoms with Crippen LogP contribution in [0.5, 0.6) is 5.75 Å². The normalized spacial score (nSPS) is 12.5. The molecule has 1 aromatic rings. The van der Waals surface area contributed by atoms with Crippen LogP contribution in [-0.2, 0) is 5.75 Å². The molecule has 1 unspecified atom stereocenters. The number of benzene rings is 1. The number of hydrogen-bond donors (Lipinski definition) is 1. The quantitative estimate of drug-likeness (QED) is 0.826. The van der Waals surface area contributed by atoms with Crippen molar-refractivity contribution in [3.63, 3.8) is 0 Å². The molecule has 0 saturated carbocycles. The van der Waals surface area contributed by atoms with Gasteiger partial charge in [0.05, 0.1) is 6.61 Å². The second-order valence-corrected chi connectivity index (χ2v) is 5.00. The van der Waals surface area contributed by atoms with E-state index in [-0.39, 0.29) is 6.04 Å². The molecule has 0 aliphatic rings. The molecule has 1 atom stereocenters. The van der Waals surface area contributed by atoms with E-state index >= 15 is 0 Å². The summed E-state index contributed by atoms with van der Waals surface area (Å²) in [4.78, 5) is 0. The van der Waals surface area contributed by atoms with Crippen LogP contribution < -0.4 is 10.5 Å². The zero-order valence-corrected chi connectivity index (χ0v) is 11.1. The van der Waals surface area contributed by atoms with Gasteiger partial charge in [-0.3, -0.25) is 0 Å². The molecule has 0 bridgehead atoms. The Morgan fingerprint density at radius 2 is 2.12 bits per heavy atom. The highest BCUT2D eigenvalue weighted by Crippen LogP contribution is 2.26. The molecule has 0 radical (unpaired) electrons. The average Bonchev–Trinajstić information content (AvgIpc) is 2.27. The molecule has 1 aromatic carbocycles. The van der Waals surface area contributed by atoms with Crippen LogP contribution >= 0.6 is 11.8 Å². The van der Waals surface area contributed by atoms with E-state index in [2.05, 4.69) is 19.1 Å². The molecule has 0 spiro atoms. The molecule has 0 amide bonds. The first-order valence-corrected chi connectivity index (χ1v) is 6.93. The highest BCUT2D eigenvalue weighted by Gasteiger charge is 2.07. The number of nitrogens with two attached hydrogens (primary N) is 1. The van der Waals surface area contributed by atoms with Crippen LogP contribution in [0.3, 0.4) is 0 Å². The van der Waals surface area contributed by atoms with Crippen molar-refractivity contribution in [3.05, 3.63) is 29.3 Å². The third-order valence-corrected chi connectivity index (χ3v) is 3.30. The first-order chi connectivity index (χ1) is 7.69. The number of rotatable bonds is 6. The molecule has 0 heterocycles. The number of ether oxygens (including phenoxy) is 1. The van der Waals surface area contributed by atoms with E-state index in [0.29, 0.717) is 6.61 Å². The van der Waals surface area contributed by atoms with Crippen LogP contribution in [0.2, 0.25) is 0 Å². The van der Waals surface area contributed by atoms with Crippen molar-refractivity contribution in [2.75, 3.05) is 12.4 Å². The van der Waals surface area contributed by atoms with E-state index in [1.54, 1.807) is 0 Å². The lowest BCUT2D eigenvalue weighted by molar-refractivity contribution is 0.337. The lowest BCUT2D eigenvalue weighted by atomic mass is 10.1. The Hall–Kier alpha value is -0.670. The summed E-state index contributed by atoms with van der Waals surface area (Å²) in [5.74, 6) is 3.10. The van der Waals surface area contributed by atoms with Gasteiger partial charge in [0, 0.05) is 17.4 Å². The van der Waals surface area contributed by atoms with Gasteiger partial charge in [0.2, 0.25) is 0 Å². The number of hydrogen-bond acceptors (Lipinski definition) is 3. The fourth-order valence-corrected chi connectivity index (χ4v) is 2.15. The second-order valence-electron chi connectivity index (χ2n) is 3.73. The maximum absolute atomic E-state index is 5.89. The van der Waals surface area contributed by atoms with Gasteiger partial charge in [-0.15, -0.1) is 0 Å². The largest absolute Gasteiger partial charge is 0.494 e. The predicted octanol–water partition coefficient (Wildman–Crippen LogP) is 3.36. The van der Waals surface area contributed by atoms with Crippen LogP contribution in [0, 0.1) is 0 Å². The highest BCUT2D eigenvalue weighted by molar-refractivity contribution is 7.98. The maximum Gasteiger partial charge on any atom is 0.123 e. The first kappa shape index (κ1) is 13.4. The maximum atomic E-state index is 5.89. The van der Waals surface area contributed by atoms with Gasteiger partial charge in [0.15, 0.2) is 0 Å². The number of thioether (sulfide) groups is 1. The monoisotopic (exact) mass is 239 g/mol. The molecule has 2 nitrogen and oxygen atoms in total. The Balaban J connectivity index is 2.91. The summed E-state index contributed by atoms with van der Waals surface area (Å²) in [6, 6.07) is 6.34.